The molecule has 0 unspecified atom stereocenters. The summed E-state index contributed by atoms with van der Waals surface area (Å²) in [4.78, 5) is 34.0. The number of carbonyl (C=O) groups is 2. The third-order valence-corrected chi connectivity index (χ3v) is 11.7. The van der Waals surface area contributed by atoms with Gasteiger partial charge < -0.3 is 39.5 Å². The number of alkyl carbamates (subject to hydrolysis) is 1. The number of nitrogens with one attached hydrogen (secondary N) is 1. The Balaban J connectivity index is 1.17. The summed E-state index contributed by atoms with van der Waals surface area (Å²) in [7, 11) is 3.82. The van der Waals surface area contributed by atoms with Gasteiger partial charge in [0.2, 0.25) is 5.91 Å². The van der Waals surface area contributed by atoms with Gasteiger partial charge in [-0.15, -0.1) is 0 Å². The molecule has 11 heteroatoms. The number of aliphatic hydroxyl groups excluding tert-OH is 2. The van der Waals surface area contributed by atoms with Crippen molar-refractivity contribution >= 4 is 12.0 Å². The minimum absolute atomic E-state index is 0.00453. The first-order chi connectivity index (χ1) is 25.2. The molecule has 52 heavy (non-hydrogen) atoms. The standard InChI is InChI=1S/C41H60N4O7/c1-43-18-20-45(21-19-43)22-24-51-32-16-14-30(15-17-32)35(25-29-9-4-3-5-10-29)37(46)27-36(42-41(49)52-33-12-8-23-50-28-33)40(48)44(2)39-34-13-7-6-11-31(34)26-38(39)47/h6-7,11,13-17,29,33,35-39,46-47H,3-5,8-10,12,18-28H2,1-2H3,(H,42,49)/t33-,35-,36+,37-,38+,39-/m0/s1. The fourth-order valence-corrected chi connectivity index (χ4v) is 8.63. The molecule has 11 nitrogen and oxygen atoms in total. The molecule has 3 fully saturated rings. The van der Waals surface area contributed by atoms with Crippen molar-refractivity contribution in [2.75, 3.05) is 66.6 Å². The lowest BCUT2D eigenvalue weighted by Gasteiger charge is -2.35. The number of benzene rings is 2. The lowest BCUT2D eigenvalue weighted by molar-refractivity contribution is -0.137. The van der Waals surface area contributed by atoms with Gasteiger partial charge >= 0.3 is 6.09 Å². The van der Waals surface area contributed by atoms with E-state index in [4.69, 9.17) is 14.2 Å². The number of nitrogens with zero attached hydrogens (tertiary/aromatic N) is 3. The van der Waals surface area contributed by atoms with Gasteiger partial charge in [0, 0.05) is 65.1 Å². The number of likely N-dealkylation sites (N-methyl/N-ethyl adjacent to an activating group) is 2. The molecule has 0 spiro atoms. The van der Waals surface area contributed by atoms with Crippen LogP contribution in [0.1, 0.15) is 86.4 Å². The molecular formula is C41H60N4O7. The van der Waals surface area contributed by atoms with Gasteiger partial charge in [0.15, 0.2) is 0 Å². The van der Waals surface area contributed by atoms with Gasteiger partial charge in [-0.1, -0.05) is 68.5 Å². The van der Waals surface area contributed by atoms with Gasteiger partial charge in [-0.3, -0.25) is 9.69 Å². The maximum absolute atomic E-state index is 14.4. The van der Waals surface area contributed by atoms with Crippen LogP contribution >= 0.6 is 0 Å². The zero-order valence-electron chi connectivity index (χ0n) is 31.2. The molecule has 1 saturated carbocycles. The van der Waals surface area contributed by atoms with Gasteiger partial charge in [0.1, 0.15) is 24.5 Å². The van der Waals surface area contributed by atoms with Crippen molar-refractivity contribution in [2.45, 2.75) is 101 Å². The maximum atomic E-state index is 14.4. The highest BCUT2D eigenvalue weighted by atomic mass is 16.6. The number of piperazine rings is 1. The molecule has 4 aliphatic rings. The third kappa shape index (κ3) is 10.3. The Morgan fingerprint density at radius 3 is 2.48 bits per heavy atom. The van der Waals surface area contributed by atoms with Crippen molar-refractivity contribution in [2.24, 2.45) is 5.92 Å². The summed E-state index contributed by atoms with van der Waals surface area (Å²) >= 11 is 0. The van der Waals surface area contributed by atoms with Crippen LogP contribution in [0.5, 0.6) is 5.75 Å². The molecule has 0 bridgehead atoms. The van der Waals surface area contributed by atoms with E-state index < -0.39 is 36.5 Å². The molecule has 6 rings (SSSR count). The Bertz CT molecular complexity index is 1420. The predicted octanol–water partition coefficient (Wildman–Crippen LogP) is 4.51. The van der Waals surface area contributed by atoms with E-state index in [1.54, 1.807) is 7.05 Å². The number of carbonyl (C=O) groups excluding carboxylic acids is 2. The highest BCUT2D eigenvalue weighted by molar-refractivity contribution is 5.86. The molecule has 2 heterocycles. The Labute approximate surface area is 309 Å². The van der Waals surface area contributed by atoms with Crippen molar-refractivity contribution in [3.8, 4) is 5.75 Å². The summed E-state index contributed by atoms with van der Waals surface area (Å²) in [6.07, 6.45) is 5.78. The van der Waals surface area contributed by atoms with E-state index in [0.717, 1.165) is 80.8 Å². The van der Waals surface area contributed by atoms with Crippen LogP contribution < -0.4 is 10.1 Å². The maximum Gasteiger partial charge on any atom is 0.408 e. The number of fused-ring (bicyclic) bond motifs is 1. The molecule has 0 radical (unpaired) electrons. The van der Waals surface area contributed by atoms with Crippen LogP contribution in [0.4, 0.5) is 4.79 Å². The Hall–Kier alpha value is -3.22. The van der Waals surface area contributed by atoms with E-state index in [-0.39, 0.29) is 18.2 Å². The summed E-state index contributed by atoms with van der Waals surface area (Å²) in [6, 6.07) is 14.2. The molecule has 2 saturated heterocycles. The van der Waals surface area contributed by atoms with E-state index in [0.29, 0.717) is 38.6 Å². The van der Waals surface area contributed by atoms with E-state index in [9.17, 15) is 19.8 Å². The molecule has 286 valence electrons. The lowest BCUT2D eigenvalue weighted by Crippen LogP contribution is -2.52. The Morgan fingerprint density at radius 2 is 1.75 bits per heavy atom. The number of hydrogen-bond acceptors (Lipinski definition) is 9. The summed E-state index contributed by atoms with van der Waals surface area (Å²) in [6.45, 7) is 6.70. The molecule has 2 aromatic carbocycles. The van der Waals surface area contributed by atoms with Gasteiger partial charge in [-0.05, 0) is 61.1 Å². The van der Waals surface area contributed by atoms with Crippen molar-refractivity contribution in [1.29, 1.82) is 0 Å². The van der Waals surface area contributed by atoms with Crippen LogP contribution in [0.3, 0.4) is 0 Å². The number of ether oxygens (including phenoxy) is 3. The fraction of sp³-hybridized carbons (Fsp3) is 0.659. The smallest absolute Gasteiger partial charge is 0.408 e. The quantitative estimate of drug-likeness (QED) is 0.259. The summed E-state index contributed by atoms with van der Waals surface area (Å²) in [5.41, 5.74) is 2.89. The van der Waals surface area contributed by atoms with Crippen LogP contribution in [0, 0.1) is 5.92 Å². The van der Waals surface area contributed by atoms with Gasteiger partial charge in [0.25, 0.3) is 0 Å². The normalized spacial score (nSPS) is 24.7. The van der Waals surface area contributed by atoms with Gasteiger partial charge in [-0.25, -0.2) is 4.79 Å². The number of rotatable bonds is 14. The lowest BCUT2D eigenvalue weighted by atomic mass is 9.77. The number of amides is 2. The highest BCUT2D eigenvalue weighted by Crippen LogP contribution is 2.38. The van der Waals surface area contributed by atoms with Crippen molar-refractivity contribution < 1.29 is 34.0 Å². The summed E-state index contributed by atoms with van der Waals surface area (Å²) < 4.78 is 17.3. The summed E-state index contributed by atoms with van der Waals surface area (Å²) in [5.74, 6) is 0.645. The zero-order chi connectivity index (χ0) is 36.5. The first kappa shape index (κ1) is 38.5. The first-order valence-corrected chi connectivity index (χ1v) is 19.6. The zero-order valence-corrected chi connectivity index (χ0v) is 31.2. The molecule has 2 aliphatic heterocycles. The molecule has 6 atom stereocenters. The number of aliphatic hydroxyl groups is 2. The van der Waals surface area contributed by atoms with Crippen LogP contribution in [-0.2, 0) is 20.7 Å². The average Bonchev–Trinajstić information content (AvgIpc) is 3.50. The Kier molecular flexibility index (Phi) is 13.8. The van der Waals surface area contributed by atoms with Crippen molar-refractivity contribution in [3.63, 3.8) is 0 Å². The van der Waals surface area contributed by atoms with E-state index in [2.05, 4.69) is 22.2 Å². The van der Waals surface area contributed by atoms with E-state index in [1.807, 2.05) is 48.5 Å². The second-order valence-electron chi connectivity index (χ2n) is 15.5. The largest absolute Gasteiger partial charge is 0.492 e. The van der Waals surface area contributed by atoms with Gasteiger partial charge in [-0.2, -0.15) is 0 Å². The molecular weight excluding hydrogens is 660 g/mol. The fourth-order valence-electron chi connectivity index (χ4n) is 8.63. The van der Waals surface area contributed by atoms with Crippen LogP contribution in [-0.4, -0.2) is 128 Å². The van der Waals surface area contributed by atoms with Crippen molar-refractivity contribution in [3.05, 3.63) is 65.2 Å². The SMILES string of the molecule is CN1CCN(CCOc2ccc([C@H](CC3CCCCC3)[C@@H](O)C[C@@H](NC(=O)O[C@H]3CCCOC3)C(=O)N(C)[C@H]3c4ccccc4C[C@H]3O)cc2)CC1. The molecule has 2 amide bonds. The minimum Gasteiger partial charge on any atom is -0.492 e. The Morgan fingerprint density at radius 1 is 1.00 bits per heavy atom. The second-order valence-corrected chi connectivity index (χ2v) is 15.5. The van der Waals surface area contributed by atoms with Crippen LogP contribution in [0.2, 0.25) is 0 Å². The monoisotopic (exact) mass is 720 g/mol. The molecule has 2 aromatic rings. The number of hydrogen-bond donors (Lipinski definition) is 3. The molecule has 2 aliphatic carbocycles. The minimum atomic E-state index is -1.07. The highest BCUT2D eigenvalue weighted by Gasteiger charge is 2.40. The van der Waals surface area contributed by atoms with Crippen molar-refractivity contribution in [1.82, 2.24) is 20.0 Å². The summed E-state index contributed by atoms with van der Waals surface area (Å²) in [5, 5.41) is 26.0. The van der Waals surface area contributed by atoms with E-state index in [1.165, 1.54) is 24.2 Å². The first-order valence-electron chi connectivity index (χ1n) is 19.6. The second kappa shape index (κ2) is 18.7. The topological polar surface area (TPSA) is 124 Å². The van der Waals surface area contributed by atoms with Gasteiger partial charge in [0.05, 0.1) is 24.9 Å². The van der Waals surface area contributed by atoms with Crippen LogP contribution in [0.25, 0.3) is 0 Å². The van der Waals surface area contributed by atoms with Crippen LogP contribution in [0.15, 0.2) is 48.5 Å². The molecule has 0 aromatic heterocycles. The third-order valence-electron chi connectivity index (χ3n) is 11.7. The molecule has 3 N–H and O–H groups in total. The predicted molar refractivity (Wildman–Crippen MR) is 199 cm³/mol. The average molecular weight is 721 g/mol. The van der Waals surface area contributed by atoms with E-state index >= 15 is 0 Å².